The summed E-state index contributed by atoms with van der Waals surface area (Å²) in [7, 11) is 1.71. The lowest BCUT2D eigenvalue weighted by molar-refractivity contribution is 0.408. The monoisotopic (exact) mass is 232 g/mol. The summed E-state index contributed by atoms with van der Waals surface area (Å²) >= 11 is 0. The second kappa shape index (κ2) is 6.27. The number of hydrogen-bond acceptors (Lipinski definition) is 3. The van der Waals surface area contributed by atoms with E-state index in [-0.39, 0.29) is 0 Å². The van der Waals surface area contributed by atoms with Crippen LogP contribution >= 0.6 is 0 Å². The van der Waals surface area contributed by atoms with Crippen LogP contribution < -0.4 is 10.1 Å². The summed E-state index contributed by atoms with van der Waals surface area (Å²) in [6.07, 6.45) is 0.549. The quantitative estimate of drug-likeness (QED) is 0.794. The molecule has 0 aliphatic carbocycles. The van der Waals surface area contributed by atoms with Crippen LogP contribution in [0.4, 0.5) is 0 Å². The Balaban J connectivity index is 2.84. The summed E-state index contributed by atoms with van der Waals surface area (Å²) in [6, 6.07) is 4.28. The highest BCUT2D eigenvalue weighted by atomic mass is 16.5. The normalized spacial score (nSPS) is 10.1. The smallest absolute Gasteiger partial charge is 0.124 e. The Kier molecular flexibility index (Phi) is 4.99. The van der Waals surface area contributed by atoms with Gasteiger partial charge in [-0.15, -0.1) is 0 Å². The average molecular weight is 232 g/mol. The topological polar surface area (TPSA) is 45.0 Å². The molecule has 92 valence electrons. The van der Waals surface area contributed by atoms with Gasteiger partial charge in [0.15, 0.2) is 0 Å². The first-order chi connectivity index (χ1) is 8.11. The highest BCUT2D eigenvalue weighted by Crippen LogP contribution is 2.28. The van der Waals surface area contributed by atoms with Crippen LogP contribution in [-0.2, 0) is 6.54 Å². The zero-order chi connectivity index (χ0) is 12.8. The maximum absolute atomic E-state index is 8.47. The minimum Gasteiger partial charge on any atom is -0.496 e. The third-order valence-corrected chi connectivity index (χ3v) is 3.07. The van der Waals surface area contributed by atoms with Crippen molar-refractivity contribution in [3.05, 3.63) is 28.3 Å². The molecule has 0 aliphatic rings. The van der Waals surface area contributed by atoms with Gasteiger partial charge in [-0.3, -0.25) is 0 Å². The summed E-state index contributed by atoms with van der Waals surface area (Å²) in [5, 5.41) is 11.7. The first kappa shape index (κ1) is 13.5. The number of hydrogen-bond donors (Lipinski definition) is 1. The molecule has 1 N–H and O–H groups in total. The first-order valence-corrected chi connectivity index (χ1v) is 5.83. The zero-order valence-electron chi connectivity index (χ0n) is 11.1. The van der Waals surface area contributed by atoms with Crippen LogP contribution in [0, 0.1) is 32.1 Å². The van der Waals surface area contributed by atoms with Crippen molar-refractivity contribution in [3.8, 4) is 11.8 Å². The molecule has 0 aromatic heterocycles. The van der Waals surface area contributed by atoms with Gasteiger partial charge < -0.3 is 10.1 Å². The average Bonchev–Trinajstić information content (AvgIpc) is 2.31. The van der Waals surface area contributed by atoms with E-state index in [9.17, 15) is 0 Å². The number of methoxy groups -OCH3 is 1. The lowest BCUT2D eigenvalue weighted by atomic mass is 9.98. The lowest BCUT2D eigenvalue weighted by Gasteiger charge is -2.15. The van der Waals surface area contributed by atoms with Crippen LogP contribution in [0.1, 0.15) is 28.7 Å². The predicted octanol–water partition coefficient (Wildman–Crippen LogP) is 2.62. The number of benzene rings is 1. The van der Waals surface area contributed by atoms with Gasteiger partial charge in [-0.25, -0.2) is 0 Å². The fourth-order valence-electron chi connectivity index (χ4n) is 2.01. The Hall–Kier alpha value is -1.53. The molecule has 1 rings (SSSR count). The highest BCUT2D eigenvalue weighted by Gasteiger charge is 2.09. The molecule has 0 saturated heterocycles. The van der Waals surface area contributed by atoms with Gasteiger partial charge in [0.2, 0.25) is 0 Å². The molecule has 0 radical (unpaired) electrons. The molecule has 0 saturated carbocycles. The van der Waals surface area contributed by atoms with Crippen LogP contribution in [-0.4, -0.2) is 13.7 Å². The van der Waals surface area contributed by atoms with E-state index in [0.29, 0.717) is 6.42 Å². The van der Waals surface area contributed by atoms with Gasteiger partial charge in [0.1, 0.15) is 5.75 Å². The molecular formula is C14H20N2O. The van der Waals surface area contributed by atoms with E-state index in [4.69, 9.17) is 10.00 Å². The molecular weight excluding hydrogens is 212 g/mol. The third kappa shape index (κ3) is 3.21. The van der Waals surface area contributed by atoms with Gasteiger partial charge in [-0.1, -0.05) is 6.07 Å². The fourth-order valence-corrected chi connectivity index (χ4v) is 2.01. The highest BCUT2D eigenvalue weighted by molar-refractivity contribution is 5.48. The molecule has 17 heavy (non-hydrogen) atoms. The number of rotatable bonds is 5. The number of nitrogens with zero attached hydrogens (tertiary/aromatic N) is 1. The lowest BCUT2D eigenvalue weighted by Crippen LogP contribution is -2.15. The standard InChI is InChI=1S/C14H20N2O/c1-10-8-13(9-16-7-5-6-15)11(2)12(3)14(10)17-4/h8,16H,5,7,9H2,1-4H3. The summed E-state index contributed by atoms with van der Waals surface area (Å²) in [6.45, 7) is 7.79. The molecule has 0 heterocycles. The van der Waals surface area contributed by atoms with Crippen molar-refractivity contribution >= 4 is 0 Å². The molecule has 0 bridgehead atoms. The number of aryl methyl sites for hydroxylation is 1. The molecule has 3 nitrogen and oxygen atoms in total. The minimum absolute atomic E-state index is 0.549. The van der Waals surface area contributed by atoms with Crippen LogP contribution in [0.5, 0.6) is 5.75 Å². The maximum atomic E-state index is 8.47. The summed E-state index contributed by atoms with van der Waals surface area (Å²) < 4.78 is 5.39. The van der Waals surface area contributed by atoms with Gasteiger partial charge in [0.05, 0.1) is 13.2 Å². The largest absolute Gasteiger partial charge is 0.496 e. The van der Waals surface area contributed by atoms with E-state index in [2.05, 4.69) is 38.2 Å². The van der Waals surface area contributed by atoms with E-state index in [1.54, 1.807) is 7.11 Å². The molecule has 0 fully saturated rings. The van der Waals surface area contributed by atoms with Crippen molar-refractivity contribution in [2.75, 3.05) is 13.7 Å². The maximum Gasteiger partial charge on any atom is 0.124 e. The van der Waals surface area contributed by atoms with Crippen molar-refractivity contribution in [3.63, 3.8) is 0 Å². The molecule has 0 atom stereocenters. The van der Waals surface area contributed by atoms with Gasteiger partial charge in [-0.05, 0) is 43.0 Å². The Morgan fingerprint density at radius 2 is 2.00 bits per heavy atom. The Labute approximate surface area is 103 Å². The van der Waals surface area contributed by atoms with E-state index >= 15 is 0 Å². The second-order valence-corrected chi connectivity index (χ2v) is 4.22. The van der Waals surface area contributed by atoms with Crippen molar-refractivity contribution in [1.82, 2.24) is 5.32 Å². The Morgan fingerprint density at radius 1 is 1.29 bits per heavy atom. The predicted molar refractivity (Wildman–Crippen MR) is 69.1 cm³/mol. The molecule has 0 amide bonds. The van der Waals surface area contributed by atoms with E-state index in [1.165, 1.54) is 16.7 Å². The van der Waals surface area contributed by atoms with E-state index in [1.807, 2.05) is 0 Å². The van der Waals surface area contributed by atoms with Crippen LogP contribution in [0.2, 0.25) is 0 Å². The number of nitrogens with one attached hydrogen (secondary N) is 1. The van der Waals surface area contributed by atoms with Gasteiger partial charge in [0, 0.05) is 19.5 Å². The van der Waals surface area contributed by atoms with Crippen LogP contribution in [0.3, 0.4) is 0 Å². The molecule has 1 aromatic carbocycles. The molecule has 1 aromatic rings. The summed E-state index contributed by atoms with van der Waals surface area (Å²) in [5.41, 5.74) is 4.90. The van der Waals surface area contributed by atoms with E-state index in [0.717, 1.165) is 24.4 Å². The third-order valence-electron chi connectivity index (χ3n) is 3.07. The van der Waals surface area contributed by atoms with Crippen molar-refractivity contribution in [1.29, 1.82) is 5.26 Å². The minimum atomic E-state index is 0.549. The molecule has 0 aliphatic heterocycles. The van der Waals surface area contributed by atoms with Crippen LogP contribution in [0.25, 0.3) is 0 Å². The first-order valence-electron chi connectivity index (χ1n) is 5.83. The number of nitriles is 1. The van der Waals surface area contributed by atoms with Crippen LogP contribution in [0.15, 0.2) is 6.07 Å². The van der Waals surface area contributed by atoms with Crippen molar-refractivity contribution < 1.29 is 4.74 Å². The Bertz CT molecular complexity index is 433. The Morgan fingerprint density at radius 3 is 2.59 bits per heavy atom. The summed E-state index contributed by atoms with van der Waals surface area (Å²) in [4.78, 5) is 0. The second-order valence-electron chi connectivity index (χ2n) is 4.22. The van der Waals surface area contributed by atoms with Gasteiger partial charge >= 0.3 is 0 Å². The van der Waals surface area contributed by atoms with E-state index < -0.39 is 0 Å². The summed E-state index contributed by atoms with van der Waals surface area (Å²) in [5.74, 6) is 0.975. The zero-order valence-corrected chi connectivity index (χ0v) is 11.1. The SMILES string of the molecule is COc1c(C)cc(CNCCC#N)c(C)c1C. The molecule has 0 unspecified atom stereocenters. The van der Waals surface area contributed by atoms with Crippen molar-refractivity contribution in [2.45, 2.75) is 33.7 Å². The van der Waals surface area contributed by atoms with Crippen molar-refractivity contribution in [2.24, 2.45) is 0 Å². The van der Waals surface area contributed by atoms with Gasteiger partial charge in [-0.2, -0.15) is 5.26 Å². The fraction of sp³-hybridized carbons (Fsp3) is 0.500. The molecule has 0 spiro atoms. The van der Waals surface area contributed by atoms with Gasteiger partial charge in [0.25, 0.3) is 0 Å². The number of ether oxygens (including phenoxy) is 1. The molecule has 3 heteroatoms.